The molecule has 0 radical (unpaired) electrons. The minimum atomic E-state index is -0.907. The van der Waals surface area contributed by atoms with E-state index >= 15 is 0 Å². The zero-order valence-electron chi connectivity index (χ0n) is 13.1. The first kappa shape index (κ1) is 14.8. The number of hydrogen-bond acceptors (Lipinski definition) is 3. The summed E-state index contributed by atoms with van der Waals surface area (Å²) < 4.78 is 5.67. The Morgan fingerprint density at radius 3 is 2.73 bits per heavy atom. The van der Waals surface area contributed by atoms with Crippen LogP contribution in [0.3, 0.4) is 0 Å². The summed E-state index contributed by atoms with van der Waals surface area (Å²) in [6.07, 6.45) is 2.05. The van der Waals surface area contributed by atoms with Crippen LogP contribution in [0.5, 0.6) is 0 Å². The van der Waals surface area contributed by atoms with Crippen molar-refractivity contribution in [2.24, 2.45) is 0 Å². The fourth-order valence-corrected chi connectivity index (χ4v) is 3.04. The molecule has 2 aromatic rings. The highest BCUT2D eigenvalue weighted by atomic mass is 16.5. The van der Waals surface area contributed by atoms with Gasteiger partial charge in [0.25, 0.3) is 0 Å². The molecule has 1 saturated heterocycles. The highest BCUT2D eigenvalue weighted by molar-refractivity contribution is 5.91. The van der Waals surface area contributed by atoms with Gasteiger partial charge in [-0.1, -0.05) is 6.07 Å². The average molecular weight is 300 g/mol. The monoisotopic (exact) mass is 300 g/mol. The molecule has 22 heavy (non-hydrogen) atoms. The Morgan fingerprint density at radius 1 is 1.32 bits per heavy atom. The molecule has 0 amide bonds. The van der Waals surface area contributed by atoms with Gasteiger partial charge >= 0.3 is 5.97 Å². The molecule has 2 heterocycles. The Kier molecular flexibility index (Phi) is 3.74. The third-order valence-corrected chi connectivity index (χ3v) is 4.21. The number of hydrogen-bond donors (Lipinski definition) is 2. The van der Waals surface area contributed by atoms with Crippen LogP contribution in [-0.2, 0) is 4.74 Å². The van der Waals surface area contributed by atoms with Crippen molar-refractivity contribution in [3.63, 3.8) is 0 Å². The van der Waals surface area contributed by atoms with Crippen LogP contribution in [0.25, 0.3) is 11.3 Å². The molecule has 1 atom stereocenters. The number of imidazole rings is 1. The smallest absolute Gasteiger partial charge is 0.335 e. The number of aromatic nitrogens is 2. The molecular weight excluding hydrogens is 280 g/mol. The summed E-state index contributed by atoms with van der Waals surface area (Å²) in [5.41, 5.74) is 4.77. The van der Waals surface area contributed by atoms with Gasteiger partial charge in [-0.05, 0) is 50.8 Å². The Morgan fingerprint density at radius 2 is 2.09 bits per heavy atom. The molecule has 1 fully saturated rings. The molecule has 1 aromatic carbocycles. The average Bonchev–Trinajstić information content (AvgIpc) is 3.08. The van der Waals surface area contributed by atoms with Gasteiger partial charge in [-0.3, -0.25) is 0 Å². The quantitative estimate of drug-likeness (QED) is 0.909. The van der Waals surface area contributed by atoms with Gasteiger partial charge in [-0.2, -0.15) is 0 Å². The van der Waals surface area contributed by atoms with Gasteiger partial charge in [0.1, 0.15) is 11.9 Å². The summed E-state index contributed by atoms with van der Waals surface area (Å²) in [5.74, 6) is -0.0721. The van der Waals surface area contributed by atoms with Gasteiger partial charge < -0.3 is 14.8 Å². The first-order chi connectivity index (χ1) is 10.5. The number of benzene rings is 1. The molecule has 5 nitrogen and oxygen atoms in total. The van der Waals surface area contributed by atoms with E-state index in [1.54, 1.807) is 6.07 Å². The third-order valence-electron chi connectivity index (χ3n) is 4.21. The number of nitrogens with zero attached hydrogens (tertiary/aromatic N) is 1. The van der Waals surface area contributed by atoms with Crippen molar-refractivity contribution < 1.29 is 14.6 Å². The Hall–Kier alpha value is -2.14. The standard InChI is InChI=1S/C17H20N2O3/c1-9-7-10(2)13(17(20)21)8-12(9)15-11(3)18-16(19-15)14-5-4-6-22-14/h7-8,14H,4-6H2,1-3H3,(H,18,19)(H,20,21). The van der Waals surface area contributed by atoms with Crippen LogP contribution in [0, 0.1) is 20.8 Å². The molecule has 2 N–H and O–H groups in total. The molecule has 1 aromatic heterocycles. The van der Waals surface area contributed by atoms with Gasteiger partial charge in [0.2, 0.25) is 0 Å². The first-order valence-electron chi connectivity index (χ1n) is 7.50. The number of ether oxygens (including phenoxy) is 1. The van der Waals surface area contributed by atoms with Crippen molar-refractivity contribution in [2.75, 3.05) is 6.61 Å². The lowest BCUT2D eigenvalue weighted by Gasteiger charge is -2.09. The maximum Gasteiger partial charge on any atom is 0.335 e. The van der Waals surface area contributed by atoms with E-state index in [1.165, 1.54) is 0 Å². The number of carboxylic acid groups (broad SMARTS) is 1. The van der Waals surface area contributed by atoms with Gasteiger partial charge in [0, 0.05) is 12.2 Å². The van der Waals surface area contributed by atoms with Gasteiger partial charge in [-0.15, -0.1) is 0 Å². The molecular formula is C17H20N2O3. The van der Waals surface area contributed by atoms with Crippen LogP contribution in [0.1, 0.15) is 51.9 Å². The second kappa shape index (κ2) is 5.57. The van der Waals surface area contributed by atoms with Crippen molar-refractivity contribution in [3.05, 3.63) is 40.3 Å². The topological polar surface area (TPSA) is 75.2 Å². The van der Waals surface area contributed by atoms with E-state index in [4.69, 9.17) is 4.74 Å². The van der Waals surface area contributed by atoms with Crippen molar-refractivity contribution >= 4 is 5.97 Å². The van der Waals surface area contributed by atoms with E-state index in [-0.39, 0.29) is 6.10 Å². The van der Waals surface area contributed by atoms with E-state index in [0.717, 1.165) is 53.4 Å². The molecule has 3 rings (SSSR count). The molecule has 0 saturated carbocycles. The van der Waals surface area contributed by atoms with Gasteiger partial charge in [0.15, 0.2) is 0 Å². The first-order valence-corrected chi connectivity index (χ1v) is 7.50. The third kappa shape index (κ3) is 2.52. The minimum Gasteiger partial charge on any atom is -0.478 e. The van der Waals surface area contributed by atoms with Crippen LogP contribution in [-0.4, -0.2) is 27.7 Å². The van der Waals surface area contributed by atoms with Crippen LogP contribution in [0.15, 0.2) is 12.1 Å². The molecule has 0 spiro atoms. The summed E-state index contributed by atoms with van der Waals surface area (Å²) >= 11 is 0. The maximum atomic E-state index is 11.4. The predicted octanol–water partition coefficient (Wildman–Crippen LogP) is 3.55. The summed E-state index contributed by atoms with van der Waals surface area (Å²) in [6, 6.07) is 3.64. The zero-order valence-corrected chi connectivity index (χ0v) is 13.1. The van der Waals surface area contributed by atoms with E-state index < -0.39 is 5.97 Å². The van der Waals surface area contributed by atoms with E-state index in [9.17, 15) is 9.90 Å². The molecule has 0 aliphatic carbocycles. The fraction of sp³-hybridized carbons (Fsp3) is 0.412. The Labute approximate surface area is 129 Å². The lowest BCUT2D eigenvalue weighted by molar-refractivity contribution is 0.0696. The summed E-state index contributed by atoms with van der Waals surface area (Å²) in [5, 5.41) is 9.33. The number of aromatic amines is 1. The second-order valence-corrected chi connectivity index (χ2v) is 5.87. The number of nitrogens with one attached hydrogen (secondary N) is 1. The van der Waals surface area contributed by atoms with Crippen molar-refractivity contribution in [1.82, 2.24) is 9.97 Å². The summed E-state index contributed by atoms with van der Waals surface area (Å²) in [4.78, 5) is 19.3. The van der Waals surface area contributed by atoms with Crippen LogP contribution in [0.4, 0.5) is 0 Å². The van der Waals surface area contributed by atoms with E-state index in [0.29, 0.717) is 5.56 Å². The van der Waals surface area contributed by atoms with Crippen molar-refractivity contribution in [3.8, 4) is 11.3 Å². The second-order valence-electron chi connectivity index (χ2n) is 5.87. The fourth-order valence-electron chi connectivity index (χ4n) is 3.04. The van der Waals surface area contributed by atoms with Crippen LogP contribution >= 0.6 is 0 Å². The number of H-pyrrole nitrogens is 1. The molecule has 1 unspecified atom stereocenters. The minimum absolute atomic E-state index is 0.0251. The van der Waals surface area contributed by atoms with Gasteiger partial charge in [0.05, 0.1) is 17.0 Å². The molecule has 1 aliphatic heterocycles. The highest BCUT2D eigenvalue weighted by Crippen LogP contribution is 2.32. The Bertz CT molecular complexity index is 728. The summed E-state index contributed by atoms with van der Waals surface area (Å²) in [6.45, 7) is 6.51. The number of aryl methyl sites for hydroxylation is 3. The van der Waals surface area contributed by atoms with E-state index in [1.807, 2.05) is 26.8 Å². The molecule has 0 bridgehead atoms. The molecule has 1 aliphatic rings. The Balaban J connectivity index is 2.07. The number of carboxylic acids is 1. The lowest BCUT2D eigenvalue weighted by Crippen LogP contribution is -2.02. The number of rotatable bonds is 3. The van der Waals surface area contributed by atoms with Crippen LogP contribution in [0.2, 0.25) is 0 Å². The SMILES string of the molecule is Cc1cc(C)c(-c2[nH]c(C3CCCO3)nc2C)cc1C(=O)O. The number of aromatic carboxylic acids is 1. The molecule has 116 valence electrons. The number of carbonyl (C=O) groups is 1. The highest BCUT2D eigenvalue weighted by Gasteiger charge is 2.23. The lowest BCUT2D eigenvalue weighted by atomic mass is 9.97. The zero-order chi connectivity index (χ0) is 15.9. The van der Waals surface area contributed by atoms with Crippen LogP contribution < -0.4 is 0 Å². The van der Waals surface area contributed by atoms with Crippen molar-refractivity contribution in [2.45, 2.75) is 39.7 Å². The summed E-state index contributed by atoms with van der Waals surface area (Å²) in [7, 11) is 0. The van der Waals surface area contributed by atoms with Crippen molar-refractivity contribution in [1.29, 1.82) is 0 Å². The largest absolute Gasteiger partial charge is 0.478 e. The predicted molar refractivity (Wildman–Crippen MR) is 83.1 cm³/mol. The normalized spacial score (nSPS) is 17.9. The molecule has 5 heteroatoms. The van der Waals surface area contributed by atoms with E-state index in [2.05, 4.69) is 9.97 Å². The van der Waals surface area contributed by atoms with Gasteiger partial charge in [-0.25, -0.2) is 9.78 Å². The maximum absolute atomic E-state index is 11.4.